The summed E-state index contributed by atoms with van der Waals surface area (Å²) in [5.74, 6) is 0. The van der Waals surface area contributed by atoms with E-state index in [1.54, 1.807) is 0 Å². The second-order valence-electron chi connectivity index (χ2n) is 17.5. The minimum atomic E-state index is -0.553. The fourth-order valence-corrected chi connectivity index (χ4v) is 12.4. The van der Waals surface area contributed by atoms with Gasteiger partial charge in [0, 0.05) is 32.3 Å². The Morgan fingerprint density at radius 3 is 1.58 bits per heavy atom. The van der Waals surface area contributed by atoms with E-state index in [4.69, 9.17) is 0 Å². The van der Waals surface area contributed by atoms with E-state index < -0.39 is 5.41 Å². The number of thiophene rings is 1. The van der Waals surface area contributed by atoms with Gasteiger partial charge in [0.2, 0.25) is 0 Å². The molecule has 0 N–H and O–H groups in total. The van der Waals surface area contributed by atoms with E-state index in [0.29, 0.717) is 0 Å². The van der Waals surface area contributed by atoms with Gasteiger partial charge in [-0.3, -0.25) is 0 Å². The summed E-state index contributed by atoms with van der Waals surface area (Å²) in [5.41, 5.74) is 17.6. The third kappa shape index (κ3) is 6.22. The molecule has 1 aromatic heterocycles. The minimum Gasteiger partial charge on any atom is -0.308 e. The zero-order valence-corrected chi connectivity index (χ0v) is 37.5. The first kappa shape index (κ1) is 39.1. The Hall–Kier alpha value is -8.30. The lowest BCUT2D eigenvalue weighted by Crippen LogP contribution is -2.28. The maximum Gasteiger partial charge on any atom is 0.0714 e. The molecule has 0 unspecified atom stereocenters. The largest absolute Gasteiger partial charge is 0.308 e. The Morgan fingerprint density at radius 1 is 0.313 bits per heavy atom. The molecule has 11 aromatic carbocycles. The van der Waals surface area contributed by atoms with Crippen molar-refractivity contribution in [3.05, 3.63) is 283 Å². The van der Waals surface area contributed by atoms with E-state index in [1.807, 2.05) is 11.3 Å². The molecule has 1 aliphatic rings. The summed E-state index contributed by atoms with van der Waals surface area (Å²) in [7, 11) is 0. The lowest BCUT2D eigenvalue weighted by molar-refractivity contribution is 0.768. The van der Waals surface area contributed by atoms with Crippen LogP contribution in [0.15, 0.2) is 261 Å². The normalized spacial score (nSPS) is 12.6. The molecule has 1 aliphatic carbocycles. The molecule has 2 heteroatoms. The Bertz CT molecular complexity index is 3740. The highest BCUT2D eigenvalue weighted by molar-refractivity contribution is 7.27. The van der Waals surface area contributed by atoms with Crippen LogP contribution in [0.2, 0.25) is 0 Å². The number of fused-ring (bicyclic) bond motifs is 8. The first-order chi connectivity index (χ1) is 33.3. The molecule has 0 bridgehead atoms. The summed E-state index contributed by atoms with van der Waals surface area (Å²) in [4.78, 5) is 2.56. The SMILES string of the molecule is c1ccc(-c2ccc(N(c3ccc4c(c3)C(c3ccccc3)(c3ccccc3)c3ccccc3-4)c3cccc4c3sc3c(-c5ccccc5)cc5ccccc5c34)c(-c3ccccc3)c2)cc1. The Morgan fingerprint density at radius 2 is 0.881 bits per heavy atom. The number of hydrogen-bond donors (Lipinski definition) is 0. The highest BCUT2D eigenvalue weighted by atomic mass is 32.1. The van der Waals surface area contributed by atoms with Gasteiger partial charge in [0.05, 0.1) is 21.5 Å². The zero-order chi connectivity index (χ0) is 44.3. The predicted molar refractivity (Wildman–Crippen MR) is 285 cm³/mol. The van der Waals surface area contributed by atoms with Gasteiger partial charge < -0.3 is 4.90 Å². The highest BCUT2D eigenvalue weighted by Gasteiger charge is 2.46. The van der Waals surface area contributed by atoms with Crippen molar-refractivity contribution in [1.82, 2.24) is 0 Å². The van der Waals surface area contributed by atoms with Crippen LogP contribution in [0.1, 0.15) is 22.3 Å². The van der Waals surface area contributed by atoms with Gasteiger partial charge in [-0.25, -0.2) is 0 Å². The molecule has 0 aliphatic heterocycles. The Labute approximate surface area is 395 Å². The van der Waals surface area contributed by atoms with Gasteiger partial charge in [-0.1, -0.05) is 224 Å². The average molecular weight is 870 g/mol. The molecule has 12 aromatic rings. The van der Waals surface area contributed by atoms with E-state index in [2.05, 4.69) is 266 Å². The molecular formula is C65H43NS. The topological polar surface area (TPSA) is 3.24 Å². The van der Waals surface area contributed by atoms with Crippen molar-refractivity contribution in [2.24, 2.45) is 0 Å². The molecule has 0 atom stereocenters. The summed E-state index contributed by atoms with van der Waals surface area (Å²) in [6, 6.07) is 96.4. The van der Waals surface area contributed by atoms with Crippen molar-refractivity contribution in [1.29, 1.82) is 0 Å². The number of hydrogen-bond acceptors (Lipinski definition) is 2. The third-order valence-electron chi connectivity index (χ3n) is 13.9. The molecule has 314 valence electrons. The number of anilines is 3. The molecule has 13 rings (SSSR count). The van der Waals surface area contributed by atoms with E-state index >= 15 is 0 Å². The van der Waals surface area contributed by atoms with Crippen LogP contribution in [-0.4, -0.2) is 0 Å². The van der Waals surface area contributed by atoms with Crippen molar-refractivity contribution in [3.63, 3.8) is 0 Å². The van der Waals surface area contributed by atoms with E-state index in [9.17, 15) is 0 Å². The van der Waals surface area contributed by atoms with Gasteiger partial charge in [0.1, 0.15) is 0 Å². The molecular weight excluding hydrogens is 827 g/mol. The molecule has 0 saturated carbocycles. The van der Waals surface area contributed by atoms with Crippen LogP contribution in [-0.2, 0) is 5.41 Å². The summed E-state index contributed by atoms with van der Waals surface area (Å²) in [6.07, 6.45) is 0. The average Bonchev–Trinajstić information content (AvgIpc) is 3.95. The quantitative estimate of drug-likeness (QED) is 0.147. The molecule has 1 nitrogen and oxygen atoms in total. The van der Waals surface area contributed by atoms with Crippen molar-refractivity contribution in [3.8, 4) is 44.5 Å². The van der Waals surface area contributed by atoms with Gasteiger partial charge in [0.15, 0.2) is 0 Å². The van der Waals surface area contributed by atoms with Crippen LogP contribution >= 0.6 is 11.3 Å². The fraction of sp³-hybridized carbons (Fsp3) is 0.0154. The van der Waals surface area contributed by atoms with Crippen LogP contribution in [0.5, 0.6) is 0 Å². The number of rotatable bonds is 8. The van der Waals surface area contributed by atoms with Gasteiger partial charge in [0.25, 0.3) is 0 Å². The molecule has 0 radical (unpaired) electrons. The zero-order valence-electron chi connectivity index (χ0n) is 36.7. The molecule has 0 fully saturated rings. The first-order valence-corrected chi connectivity index (χ1v) is 23.9. The van der Waals surface area contributed by atoms with E-state index in [0.717, 1.165) is 28.2 Å². The number of nitrogens with zero attached hydrogens (tertiary/aromatic N) is 1. The highest BCUT2D eigenvalue weighted by Crippen LogP contribution is 2.58. The van der Waals surface area contributed by atoms with Crippen LogP contribution in [0, 0.1) is 0 Å². The second-order valence-corrected chi connectivity index (χ2v) is 18.5. The molecule has 67 heavy (non-hydrogen) atoms. The Balaban J connectivity index is 1.15. The smallest absolute Gasteiger partial charge is 0.0714 e. The maximum atomic E-state index is 2.56. The summed E-state index contributed by atoms with van der Waals surface area (Å²) in [6.45, 7) is 0. The van der Waals surface area contributed by atoms with Crippen LogP contribution in [0.4, 0.5) is 17.1 Å². The lowest BCUT2D eigenvalue weighted by atomic mass is 9.67. The fourth-order valence-electron chi connectivity index (χ4n) is 11.0. The van der Waals surface area contributed by atoms with Crippen molar-refractivity contribution >= 4 is 59.3 Å². The summed E-state index contributed by atoms with van der Waals surface area (Å²) < 4.78 is 2.55. The second kappa shape index (κ2) is 16.0. The summed E-state index contributed by atoms with van der Waals surface area (Å²) in [5, 5.41) is 5.08. The van der Waals surface area contributed by atoms with Crippen molar-refractivity contribution < 1.29 is 0 Å². The van der Waals surface area contributed by atoms with Crippen LogP contribution < -0.4 is 4.90 Å². The Kier molecular flexibility index (Phi) is 9.33. The standard InChI is InChI=1S/C65H43NS/c1-6-21-44(22-7-1)47-37-40-60(56(41-47)45-23-8-2-9-24-45)66(61-36-20-34-55-62-52-32-17-16-27-48(52)42-57(64(62)67-63(55)61)46-25-10-3-11-26-46)51-38-39-54-53-33-18-19-35-58(53)65(59(54)43-51,49-28-12-4-13-29-49)50-30-14-5-15-31-50/h1-43H. The first-order valence-electron chi connectivity index (χ1n) is 23.1. The maximum absolute atomic E-state index is 2.56. The lowest BCUT2D eigenvalue weighted by Gasteiger charge is -2.35. The van der Waals surface area contributed by atoms with Crippen molar-refractivity contribution in [2.75, 3.05) is 4.90 Å². The minimum absolute atomic E-state index is 0.553. The van der Waals surface area contributed by atoms with E-state index in [1.165, 1.54) is 86.6 Å². The van der Waals surface area contributed by atoms with Crippen LogP contribution in [0.3, 0.4) is 0 Å². The molecule has 1 heterocycles. The molecule has 0 saturated heterocycles. The van der Waals surface area contributed by atoms with Gasteiger partial charge in [-0.2, -0.15) is 0 Å². The third-order valence-corrected chi connectivity index (χ3v) is 15.2. The van der Waals surface area contributed by atoms with Crippen LogP contribution in [0.25, 0.3) is 75.5 Å². The number of benzene rings is 11. The summed E-state index contributed by atoms with van der Waals surface area (Å²) >= 11 is 1.91. The predicted octanol–water partition coefficient (Wildman–Crippen LogP) is 18.0. The monoisotopic (exact) mass is 869 g/mol. The van der Waals surface area contributed by atoms with Crippen molar-refractivity contribution in [2.45, 2.75) is 5.41 Å². The van der Waals surface area contributed by atoms with Gasteiger partial charge >= 0.3 is 0 Å². The van der Waals surface area contributed by atoms with Gasteiger partial charge in [-0.05, 0) is 103 Å². The molecule has 0 spiro atoms. The van der Waals surface area contributed by atoms with E-state index in [-0.39, 0.29) is 0 Å². The molecule has 0 amide bonds. The van der Waals surface area contributed by atoms with Gasteiger partial charge in [-0.15, -0.1) is 11.3 Å².